The van der Waals surface area contributed by atoms with Gasteiger partial charge in [-0.3, -0.25) is 4.79 Å². The molecule has 0 aliphatic carbocycles. The molecule has 4 nitrogen and oxygen atoms in total. The highest BCUT2D eigenvalue weighted by Gasteiger charge is 2.22. The van der Waals surface area contributed by atoms with Crippen molar-refractivity contribution in [2.24, 2.45) is 5.73 Å². The van der Waals surface area contributed by atoms with Crippen molar-refractivity contribution in [2.75, 3.05) is 39.3 Å². The molecule has 1 fully saturated rings. The molecule has 0 unspecified atom stereocenters. The molecule has 2 N–H and O–H groups in total. The SMILES string of the molecule is Cc1cc(C)c(C(=O)N2CCCN(CCN)CC2)c(C)c1. The largest absolute Gasteiger partial charge is 0.337 e. The molecule has 0 bridgehead atoms. The molecule has 1 aromatic carbocycles. The van der Waals surface area contributed by atoms with Gasteiger partial charge in [0.25, 0.3) is 5.91 Å². The predicted octanol–water partition coefficient (Wildman–Crippen LogP) is 1.72. The molecule has 0 aromatic heterocycles. The molecule has 2 rings (SSSR count). The number of aryl methyl sites for hydroxylation is 3. The first kappa shape index (κ1) is 16.0. The van der Waals surface area contributed by atoms with Gasteiger partial charge >= 0.3 is 0 Å². The van der Waals surface area contributed by atoms with Gasteiger partial charge in [-0.15, -0.1) is 0 Å². The Balaban J connectivity index is 2.13. The first-order chi connectivity index (χ1) is 10.0. The third kappa shape index (κ3) is 3.83. The van der Waals surface area contributed by atoms with E-state index in [1.165, 1.54) is 5.56 Å². The van der Waals surface area contributed by atoms with Gasteiger partial charge in [-0.25, -0.2) is 0 Å². The number of rotatable bonds is 3. The third-order valence-electron chi connectivity index (χ3n) is 4.21. The summed E-state index contributed by atoms with van der Waals surface area (Å²) < 4.78 is 0. The first-order valence-corrected chi connectivity index (χ1v) is 7.82. The molecule has 0 atom stereocenters. The summed E-state index contributed by atoms with van der Waals surface area (Å²) in [5.74, 6) is 0.180. The van der Waals surface area contributed by atoms with Crippen molar-refractivity contribution in [3.05, 3.63) is 34.4 Å². The van der Waals surface area contributed by atoms with E-state index in [4.69, 9.17) is 5.73 Å². The summed E-state index contributed by atoms with van der Waals surface area (Å²) in [7, 11) is 0. The Kier molecular flexibility index (Phi) is 5.37. The topological polar surface area (TPSA) is 49.6 Å². The molecule has 0 saturated carbocycles. The molecule has 1 aliphatic heterocycles. The molecule has 116 valence electrons. The van der Waals surface area contributed by atoms with Crippen LogP contribution in [0.5, 0.6) is 0 Å². The number of amides is 1. The summed E-state index contributed by atoms with van der Waals surface area (Å²) in [5.41, 5.74) is 9.89. The number of hydrogen-bond acceptors (Lipinski definition) is 3. The second-order valence-electron chi connectivity index (χ2n) is 6.05. The molecule has 0 spiro atoms. The van der Waals surface area contributed by atoms with Crippen molar-refractivity contribution in [3.8, 4) is 0 Å². The minimum Gasteiger partial charge on any atom is -0.337 e. The zero-order chi connectivity index (χ0) is 15.4. The van der Waals surface area contributed by atoms with E-state index in [0.29, 0.717) is 6.54 Å². The minimum absolute atomic E-state index is 0.180. The normalized spacial score (nSPS) is 16.9. The lowest BCUT2D eigenvalue weighted by Gasteiger charge is -2.23. The number of nitrogens with zero attached hydrogens (tertiary/aromatic N) is 2. The number of hydrogen-bond donors (Lipinski definition) is 1. The third-order valence-corrected chi connectivity index (χ3v) is 4.21. The Labute approximate surface area is 127 Å². The summed E-state index contributed by atoms with van der Waals surface area (Å²) in [6, 6.07) is 4.19. The zero-order valence-electron chi connectivity index (χ0n) is 13.5. The van der Waals surface area contributed by atoms with E-state index in [0.717, 1.165) is 55.8 Å². The Hall–Kier alpha value is -1.39. The van der Waals surface area contributed by atoms with Gasteiger partial charge in [0.05, 0.1) is 0 Å². The lowest BCUT2D eigenvalue weighted by molar-refractivity contribution is 0.0760. The van der Waals surface area contributed by atoms with E-state index in [1.807, 2.05) is 18.7 Å². The first-order valence-electron chi connectivity index (χ1n) is 7.82. The second-order valence-corrected chi connectivity index (χ2v) is 6.05. The van der Waals surface area contributed by atoms with Gasteiger partial charge in [0.1, 0.15) is 0 Å². The molecule has 1 aromatic rings. The van der Waals surface area contributed by atoms with Crippen LogP contribution in [0.4, 0.5) is 0 Å². The van der Waals surface area contributed by atoms with E-state index >= 15 is 0 Å². The van der Waals surface area contributed by atoms with Crippen LogP contribution in [-0.4, -0.2) is 55.0 Å². The molecule has 0 radical (unpaired) electrons. The van der Waals surface area contributed by atoms with Gasteiger partial charge in [-0.1, -0.05) is 17.7 Å². The molecule has 1 amide bonds. The number of carbonyl (C=O) groups excluding carboxylic acids is 1. The van der Waals surface area contributed by atoms with Gasteiger partial charge in [0.2, 0.25) is 0 Å². The second kappa shape index (κ2) is 7.05. The van der Waals surface area contributed by atoms with Crippen LogP contribution in [0, 0.1) is 20.8 Å². The fourth-order valence-corrected chi connectivity index (χ4v) is 3.26. The van der Waals surface area contributed by atoms with Gasteiger partial charge < -0.3 is 15.5 Å². The summed E-state index contributed by atoms with van der Waals surface area (Å²) in [5, 5.41) is 0. The summed E-state index contributed by atoms with van der Waals surface area (Å²) in [6.07, 6.45) is 1.02. The van der Waals surface area contributed by atoms with E-state index in [2.05, 4.69) is 24.0 Å². The van der Waals surface area contributed by atoms with Gasteiger partial charge in [-0.05, 0) is 44.9 Å². The van der Waals surface area contributed by atoms with Crippen LogP contribution in [0.3, 0.4) is 0 Å². The van der Waals surface area contributed by atoms with Crippen molar-refractivity contribution in [1.82, 2.24) is 9.80 Å². The van der Waals surface area contributed by atoms with E-state index in [1.54, 1.807) is 0 Å². The summed E-state index contributed by atoms with van der Waals surface area (Å²) in [4.78, 5) is 17.2. The van der Waals surface area contributed by atoms with Crippen LogP contribution < -0.4 is 5.73 Å². The molecule has 1 saturated heterocycles. The maximum atomic E-state index is 12.9. The Morgan fingerprint density at radius 3 is 2.38 bits per heavy atom. The van der Waals surface area contributed by atoms with E-state index in [9.17, 15) is 4.79 Å². The van der Waals surface area contributed by atoms with Gasteiger partial charge in [0, 0.05) is 38.3 Å². The van der Waals surface area contributed by atoms with E-state index in [-0.39, 0.29) is 5.91 Å². The molecular formula is C17H27N3O. The van der Waals surface area contributed by atoms with E-state index < -0.39 is 0 Å². The van der Waals surface area contributed by atoms with Crippen LogP contribution in [0.1, 0.15) is 33.5 Å². The van der Waals surface area contributed by atoms with Crippen LogP contribution in [-0.2, 0) is 0 Å². The highest BCUT2D eigenvalue weighted by molar-refractivity contribution is 5.97. The Morgan fingerprint density at radius 1 is 1.10 bits per heavy atom. The summed E-state index contributed by atoms with van der Waals surface area (Å²) in [6.45, 7) is 11.3. The Morgan fingerprint density at radius 2 is 1.76 bits per heavy atom. The number of carbonyl (C=O) groups is 1. The van der Waals surface area contributed by atoms with Crippen molar-refractivity contribution < 1.29 is 4.79 Å². The molecule has 21 heavy (non-hydrogen) atoms. The highest BCUT2D eigenvalue weighted by atomic mass is 16.2. The quantitative estimate of drug-likeness (QED) is 0.922. The minimum atomic E-state index is 0.180. The van der Waals surface area contributed by atoms with Gasteiger partial charge in [0.15, 0.2) is 0 Å². The molecule has 4 heteroatoms. The standard InChI is InChI=1S/C17H27N3O/c1-13-11-14(2)16(15(3)12-13)17(21)20-7-4-6-19(8-5-18)9-10-20/h11-12H,4-10,18H2,1-3H3. The van der Waals surface area contributed by atoms with Crippen LogP contribution in [0.2, 0.25) is 0 Å². The van der Waals surface area contributed by atoms with Crippen LogP contribution in [0.25, 0.3) is 0 Å². The maximum absolute atomic E-state index is 12.9. The zero-order valence-corrected chi connectivity index (χ0v) is 13.5. The van der Waals surface area contributed by atoms with Crippen molar-refractivity contribution in [1.29, 1.82) is 0 Å². The molecular weight excluding hydrogens is 262 g/mol. The van der Waals surface area contributed by atoms with Gasteiger partial charge in [-0.2, -0.15) is 0 Å². The van der Waals surface area contributed by atoms with Crippen molar-refractivity contribution >= 4 is 5.91 Å². The van der Waals surface area contributed by atoms with Crippen molar-refractivity contribution in [2.45, 2.75) is 27.2 Å². The maximum Gasteiger partial charge on any atom is 0.254 e. The fraction of sp³-hybridized carbons (Fsp3) is 0.588. The average molecular weight is 289 g/mol. The smallest absolute Gasteiger partial charge is 0.254 e. The number of nitrogens with two attached hydrogens (primary N) is 1. The summed E-state index contributed by atoms with van der Waals surface area (Å²) >= 11 is 0. The van der Waals surface area contributed by atoms with Crippen molar-refractivity contribution in [3.63, 3.8) is 0 Å². The monoisotopic (exact) mass is 289 g/mol. The highest BCUT2D eigenvalue weighted by Crippen LogP contribution is 2.19. The average Bonchev–Trinajstić information content (AvgIpc) is 2.63. The predicted molar refractivity (Wildman–Crippen MR) is 86.7 cm³/mol. The fourth-order valence-electron chi connectivity index (χ4n) is 3.26. The lowest BCUT2D eigenvalue weighted by Crippen LogP contribution is -2.37. The Bertz CT molecular complexity index is 490. The lowest BCUT2D eigenvalue weighted by atomic mass is 9.98. The number of benzene rings is 1. The van der Waals surface area contributed by atoms with Crippen LogP contribution in [0.15, 0.2) is 12.1 Å². The molecule has 1 aliphatic rings. The van der Waals surface area contributed by atoms with Crippen LogP contribution >= 0.6 is 0 Å². The molecule has 1 heterocycles.